The van der Waals surface area contributed by atoms with Crippen molar-refractivity contribution < 1.29 is 9.57 Å². The van der Waals surface area contributed by atoms with Gasteiger partial charge in [0.25, 0.3) is 0 Å². The zero-order valence-corrected chi connectivity index (χ0v) is 8.51. The van der Waals surface area contributed by atoms with E-state index in [1.807, 2.05) is 30.3 Å². The second-order valence-electron chi connectivity index (χ2n) is 2.75. The van der Waals surface area contributed by atoms with Crippen LogP contribution in [0.3, 0.4) is 0 Å². The molecule has 1 rings (SSSR count). The van der Waals surface area contributed by atoms with Crippen molar-refractivity contribution in [2.45, 2.75) is 6.42 Å². The molecular weight excluding hydrogens is 192 g/mol. The zero-order chi connectivity index (χ0) is 10.9. The summed E-state index contributed by atoms with van der Waals surface area (Å²) in [5, 5.41) is 12.0. The topological polar surface area (TPSA) is 54.6 Å². The van der Waals surface area contributed by atoms with Crippen molar-refractivity contribution in [3.05, 3.63) is 29.8 Å². The van der Waals surface area contributed by atoms with Crippen LogP contribution in [0, 0.1) is 11.3 Å². The van der Waals surface area contributed by atoms with Crippen molar-refractivity contribution in [3.63, 3.8) is 0 Å². The van der Waals surface area contributed by atoms with Crippen LogP contribution in [0.2, 0.25) is 0 Å². The van der Waals surface area contributed by atoms with Gasteiger partial charge in [0.1, 0.15) is 12.4 Å². The van der Waals surface area contributed by atoms with Gasteiger partial charge in [0, 0.05) is 0 Å². The van der Waals surface area contributed by atoms with Crippen LogP contribution in [-0.4, -0.2) is 19.9 Å². The minimum atomic E-state index is 0.323. The summed E-state index contributed by atoms with van der Waals surface area (Å²) in [4.78, 5) is 4.85. The number of nitriles is 1. The minimum absolute atomic E-state index is 0.323. The number of methoxy groups -OCH3 is 1. The van der Waals surface area contributed by atoms with E-state index >= 15 is 0 Å². The highest BCUT2D eigenvalue weighted by Crippen LogP contribution is 2.09. The summed E-state index contributed by atoms with van der Waals surface area (Å²) in [6.45, 7) is 0.323. The first-order valence-electron chi connectivity index (χ1n) is 4.53. The third-order valence-electron chi connectivity index (χ3n) is 1.70. The molecule has 0 spiro atoms. The Hall–Kier alpha value is -2.02. The Morgan fingerprint density at radius 1 is 1.40 bits per heavy atom. The molecule has 0 aliphatic heterocycles. The van der Waals surface area contributed by atoms with Gasteiger partial charge in [0.2, 0.25) is 0 Å². The molecule has 0 heterocycles. The molecule has 0 unspecified atom stereocenters. The van der Waals surface area contributed by atoms with Crippen molar-refractivity contribution >= 4 is 6.21 Å². The van der Waals surface area contributed by atoms with Crippen LogP contribution in [0.15, 0.2) is 29.4 Å². The van der Waals surface area contributed by atoms with E-state index in [-0.39, 0.29) is 0 Å². The predicted octanol–water partition coefficient (Wildman–Crippen LogP) is 1.96. The molecule has 0 fully saturated rings. The van der Waals surface area contributed by atoms with Crippen LogP contribution in [0.5, 0.6) is 5.75 Å². The van der Waals surface area contributed by atoms with Gasteiger partial charge >= 0.3 is 0 Å². The van der Waals surface area contributed by atoms with Gasteiger partial charge in [0.05, 0.1) is 25.8 Å². The fourth-order valence-corrected chi connectivity index (χ4v) is 0.932. The summed E-state index contributed by atoms with van der Waals surface area (Å²) in [6, 6.07) is 9.40. The maximum Gasteiger partial charge on any atom is 0.130 e. The molecule has 0 atom stereocenters. The number of rotatable bonds is 5. The minimum Gasteiger partial charge on any atom is -0.497 e. The molecule has 0 radical (unpaired) electrons. The van der Waals surface area contributed by atoms with Crippen LogP contribution in [-0.2, 0) is 4.84 Å². The molecule has 0 saturated carbocycles. The predicted molar refractivity (Wildman–Crippen MR) is 56.8 cm³/mol. The first-order valence-corrected chi connectivity index (χ1v) is 4.53. The van der Waals surface area contributed by atoms with E-state index in [9.17, 15) is 0 Å². The molecule has 15 heavy (non-hydrogen) atoms. The van der Waals surface area contributed by atoms with Gasteiger partial charge in [-0.1, -0.05) is 5.16 Å². The van der Waals surface area contributed by atoms with Crippen molar-refractivity contribution in [3.8, 4) is 11.8 Å². The Morgan fingerprint density at radius 2 is 2.13 bits per heavy atom. The summed E-state index contributed by atoms with van der Waals surface area (Å²) in [5.41, 5.74) is 0.924. The van der Waals surface area contributed by atoms with E-state index < -0.39 is 0 Å². The monoisotopic (exact) mass is 204 g/mol. The van der Waals surface area contributed by atoms with Crippen LogP contribution < -0.4 is 4.74 Å². The van der Waals surface area contributed by atoms with Crippen molar-refractivity contribution in [1.29, 1.82) is 5.26 Å². The number of benzene rings is 1. The average Bonchev–Trinajstić information content (AvgIpc) is 2.30. The van der Waals surface area contributed by atoms with E-state index in [1.165, 1.54) is 0 Å². The Bertz CT molecular complexity index is 352. The van der Waals surface area contributed by atoms with E-state index in [0.29, 0.717) is 13.0 Å². The summed E-state index contributed by atoms with van der Waals surface area (Å²) >= 11 is 0. The molecule has 1 aromatic rings. The van der Waals surface area contributed by atoms with E-state index in [4.69, 9.17) is 14.8 Å². The largest absolute Gasteiger partial charge is 0.497 e. The van der Waals surface area contributed by atoms with E-state index in [0.717, 1.165) is 11.3 Å². The SMILES string of the molecule is COc1ccc(/C=N/OCCC#N)cc1. The first kappa shape index (κ1) is 11.1. The molecule has 0 aliphatic rings. The maximum atomic E-state index is 8.24. The van der Waals surface area contributed by atoms with E-state index in [1.54, 1.807) is 13.3 Å². The van der Waals surface area contributed by atoms with Gasteiger partial charge in [-0.25, -0.2) is 0 Å². The highest BCUT2D eigenvalue weighted by molar-refractivity contribution is 5.79. The normalized spacial score (nSPS) is 9.87. The van der Waals surface area contributed by atoms with Crippen LogP contribution in [0.25, 0.3) is 0 Å². The fourth-order valence-electron chi connectivity index (χ4n) is 0.932. The van der Waals surface area contributed by atoms with Crippen LogP contribution >= 0.6 is 0 Å². The molecule has 4 nitrogen and oxygen atoms in total. The lowest BCUT2D eigenvalue weighted by atomic mass is 10.2. The Kier molecular flexibility index (Phi) is 4.74. The number of ether oxygens (including phenoxy) is 1. The molecule has 0 aromatic heterocycles. The van der Waals surface area contributed by atoms with Crippen molar-refractivity contribution in [2.24, 2.45) is 5.16 Å². The highest BCUT2D eigenvalue weighted by atomic mass is 16.6. The maximum absolute atomic E-state index is 8.24. The molecule has 4 heteroatoms. The van der Waals surface area contributed by atoms with Crippen molar-refractivity contribution in [2.75, 3.05) is 13.7 Å². The molecular formula is C11H12N2O2. The quantitative estimate of drug-likeness (QED) is 0.418. The van der Waals surface area contributed by atoms with Gasteiger partial charge < -0.3 is 9.57 Å². The molecule has 0 N–H and O–H groups in total. The zero-order valence-electron chi connectivity index (χ0n) is 8.51. The van der Waals surface area contributed by atoms with E-state index in [2.05, 4.69) is 5.16 Å². The second kappa shape index (κ2) is 6.44. The molecule has 0 aliphatic carbocycles. The van der Waals surface area contributed by atoms with Gasteiger partial charge in [0.15, 0.2) is 0 Å². The highest BCUT2D eigenvalue weighted by Gasteiger charge is 1.90. The van der Waals surface area contributed by atoms with Gasteiger partial charge in [-0.2, -0.15) is 5.26 Å². The van der Waals surface area contributed by atoms with Crippen LogP contribution in [0.1, 0.15) is 12.0 Å². The third-order valence-corrected chi connectivity index (χ3v) is 1.70. The summed E-state index contributed by atoms with van der Waals surface area (Å²) in [7, 11) is 1.62. The van der Waals surface area contributed by atoms with Gasteiger partial charge in [-0.05, 0) is 29.8 Å². The Labute approximate surface area is 88.7 Å². The smallest absolute Gasteiger partial charge is 0.130 e. The number of oxime groups is 1. The van der Waals surface area contributed by atoms with Gasteiger partial charge in [-0.15, -0.1) is 0 Å². The summed E-state index contributed by atoms with van der Waals surface area (Å²) in [5.74, 6) is 0.803. The second-order valence-corrected chi connectivity index (χ2v) is 2.75. The molecule has 0 saturated heterocycles. The lowest BCUT2D eigenvalue weighted by Gasteiger charge is -1.98. The summed E-state index contributed by atoms with van der Waals surface area (Å²) < 4.78 is 5.01. The third kappa shape index (κ3) is 4.14. The Morgan fingerprint density at radius 3 is 2.73 bits per heavy atom. The average molecular weight is 204 g/mol. The van der Waals surface area contributed by atoms with Crippen molar-refractivity contribution in [1.82, 2.24) is 0 Å². The molecule has 0 bridgehead atoms. The molecule has 1 aromatic carbocycles. The fraction of sp³-hybridized carbons (Fsp3) is 0.273. The molecule has 78 valence electrons. The molecule has 0 amide bonds. The first-order chi connectivity index (χ1) is 7.36. The summed E-state index contributed by atoms with van der Waals surface area (Å²) in [6.07, 6.45) is 1.94. The lowest BCUT2D eigenvalue weighted by Crippen LogP contribution is -1.88. The van der Waals surface area contributed by atoms with Gasteiger partial charge in [-0.3, -0.25) is 0 Å². The number of hydrogen-bond donors (Lipinski definition) is 0. The standard InChI is InChI=1S/C11H12N2O2/c1-14-11-5-3-10(4-6-11)9-13-15-8-2-7-12/h3-6,9H,2,8H2,1H3/b13-9+. The van der Waals surface area contributed by atoms with Crippen LogP contribution in [0.4, 0.5) is 0 Å². The number of hydrogen-bond acceptors (Lipinski definition) is 4. The Balaban J connectivity index is 2.40. The lowest BCUT2D eigenvalue weighted by molar-refractivity contribution is 0.152. The number of nitrogens with zero attached hydrogens (tertiary/aromatic N) is 2.